The normalized spacial score (nSPS) is 31.1. The zero-order chi connectivity index (χ0) is 11.9. The molecule has 2 heterocycles. The summed E-state index contributed by atoms with van der Waals surface area (Å²) in [5.74, 6) is -0.0816. The van der Waals surface area contributed by atoms with Gasteiger partial charge in [-0.3, -0.25) is 9.69 Å². The molecule has 2 rings (SSSR count). The Labute approximate surface area is 99.3 Å². The molecule has 0 aromatic carbocycles. The van der Waals surface area contributed by atoms with Crippen molar-refractivity contribution < 1.29 is 14.3 Å². The number of carbonyl (C=O) groups is 2. The predicted molar refractivity (Wildman–Crippen MR) is 58.4 cm³/mol. The van der Waals surface area contributed by atoms with E-state index in [-0.39, 0.29) is 12.0 Å². The quantitative estimate of drug-likeness (QED) is 0.639. The third-order valence-electron chi connectivity index (χ3n) is 3.16. The number of cyclic esters (lactones) is 1. The molecule has 2 atom stereocenters. The lowest BCUT2D eigenvalue weighted by molar-refractivity contribution is -0.134. The fraction of sp³-hybridized carbons (Fsp3) is 0.800. The van der Waals surface area contributed by atoms with E-state index in [4.69, 9.17) is 16.3 Å². The molecule has 0 aromatic rings. The van der Waals surface area contributed by atoms with Gasteiger partial charge in [0.25, 0.3) is 0 Å². The average molecular weight is 247 g/mol. The maximum absolute atomic E-state index is 11.8. The summed E-state index contributed by atoms with van der Waals surface area (Å²) in [6, 6.07) is 0. The highest BCUT2D eigenvalue weighted by Crippen LogP contribution is 2.28. The van der Waals surface area contributed by atoms with Crippen LogP contribution >= 0.6 is 11.6 Å². The summed E-state index contributed by atoms with van der Waals surface area (Å²) < 4.78 is 5.01. The van der Waals surface area contributed by atoms with Crippen LogP contribution < -0.4 is 0 Å². The first-order valence-corrected chi connectivity index (χ1v) is 5.75. The second-order valence-corrected chi connectivity index (χ2v) is 5.23. The van der Waals surface area contributed by atoms with Gasteiger partial charge in [0.2, 0.25) is 5.91 Å². The number of carbonyl (C=O) groups excluding carboxylic acids is 2. The van der Waals surface area contributed by atoms with Gasteiger partial charge < -0.3 is 9.64 Å². The molecule has 0 aliphatic carbocycles. The van der Waals surface area contributed by atoms with E-state index >= 15 is 0 Å². The minimum absolute atomic E-state index is 0.0816. The second-order valence-electron chi connectivity index (χ2n) is 4.58. The molecule has 2 aliphatic rings. The third-order valence-corrected chi connectivity index (χ3v) is 3.34. The van der Waals surface area contributed by atoms with Crippen LogP contribution in [0.4, 0.5) is 4.79 Å². The number of nitrogens with zero attached hydrogens (tertiary/aromatic N) is 2. The first kappa shape index (κ1) is 11.5. The number of hydrogen-bond donors (Lipinski definition) is 0. The van der Waals surface area contributed by atoms with Crippen LogP contribution in [0.2, 0.25) is 0 Å². The molecule has 6 heteroatoms. The molecule has 2 saturated heterocycles. The molecular weight excluding hydrogens is 232 g/mol. The molecule has 0 bridgehead atoms. The van der Waals surface area contributed by atoms with Gasteiger partial charge >= 0.3 is 6.09 Å². The summed E-state index contributed by atoms with van der Waals surface area (Å²) in [7, 11) is 0. The SMILES string of the molecule is CC(Cl)C(=O)N1CCN2C(=O)OCC2(C)C1. The Balaban J connectivity index is 2.10. The van der Waals surface area contributed by atoms with E-state index in [0.29, 0.717) is 26.2 Å². The van der Waals surface area contributed by atoms with Crippen LogP contribution in [-0.4, -0.2) is 59.0 Å². The van der Waals surface area contributed by atoms with Crippen molar-refractivity contribution in [1.29, 1.82) is 0 Å². The fourth-order valence-electron chi connectivity index (χ4n) is 2.24. The van der Waals surface area contributed by atoms with Crippen molar-refractivity contribution in [2.75, 3.05) is 26.2 Å². The van der Waals surface area contributed by atoms with E-state index in [2.05, 4.69) is 0 Å². The molecule has 2 aliphatic heterocycles. The lowest BCUT2D eigenvalue weighted by Crippen LogP contribution is -2.61. The van der Waals surface area contributed by atoms with Gasteiger partial charge in [-0.2, -0.15) is 0 Å². The van der Waals surface area contributed by atoms with Gasteiger partial charge in [-0.25, -0.2) is 4.79 Å². The van der Waals surface area contributed by atoms with Crippen LogP contribution in [0.5, 0.6) is 0 Å². The first-order valence-electron chi connectivity index (χ1n) is 5.31. The van der Waals surface area contributed by atoms with Gasteiger partial charge in [0.05, 0.1) is 5.54 Å². The van der Waals surface area contributed by atoms with Crippen LogP contribution in [0.25, 0.3) is 0 Å². The Bertz CT molecular complexity index is 334. The highest BCUT2D eigenvalue weighted by Gasteiger charge is 2.48. The number of rotatable bonds is 1. The van der Waals surface area contributed by atoms with Crippen molar-refractivity contribution in [2.45, 2.75) is 24.8 Å². The standard InChI is InChI=1S/C10H15ClN2O3/c1-7(11)8(14)12-3-4-13-9(15)16-6-10(13,2)5-12/h7H,3-6H2,1-2H3. The Hall–Kier alpha value is -0.970. The number of alkyl halides is 1. The van der Waals surface area contributed by atoms with E-state index in [1.165, 1.54) is 0 Å². The van der Waals surface area contributed by atoms with Gasteiger partial charge in [0.15, 0.2) is 0 Å². The summed E-state index contributed by atoms with van der Waals surface area (Å²) in [6.07, 6.45) is -0.284. The largest absolute Gasteiger partial charge is 0.447 e. The maximum Gasteiger partial charge on any atom is 0.410 e. The highest BCUT2D eigenvalue weighted by atomic mass is 35.5. The van der Waals surface area contributed by atoms with E-state index in [1.54, 1.807) is 16.7 Å². The van der Waals surface area contributed by atoms with Crippen LogP contribution in [0, 0.1) is 0 Å². The van der Waals surface area contributed by atoms with Crippen molar-refractivity contribution >= 4 is 23.6 Å². The predicted octanol–water partition coefficient (Wildman–Crippen LogP) is 0.667. The smallest absolute Gasteiger partial charge is 0.410 e. The van der Waals surface area contributed by atoms with Crippen LogP contribution in [-0.2, 0) is 9.53 Å². The van der Waals surface area contributed by atoms with E-state index in [9.17, 15) is 9.59 Å². The lowest BCUT2D eigenvalue weighted by atomic mass is 9.99. The molecule has 0 saturated carbocycles. The van der Waals surface area contributed by atoms with Crippen molar-refractivity contribution in [3.05, 3.63) is 0 Å². The number of fused-ring (bicyclic) bond motifs is 1. The van der Waals surface area contributed by atoms with Gasteiger partial charge in [0.1, 0.15) is 12.0 Å². The summed E-state index contributed by atoms with van der Waals surface area (Å²) in [6.45, 7) is 5.47. The van der Waals surface area contributed by atoms with Gasteiger partial charge in [-0.05, 0) is 13.8 Å². The number of halogens is 1. The summed E-state index contributed by atoms with van der Waals surface area (Å²) >= 11 is 5.78. The van der Waals surface area contributed by atoms with Crippen molar-refractivity contribution in [2.24, 2.45) is 0 Å². The zero-order valence-electron chi connectivity index (χ0n) is 9.40. The minimum atomic E-state index is -0.520. The molecule has 2 unspecified atom stereocenters. The number of ether oxygens (including phenoxy) is 1. The number of piperazine rings is 1. The van der Waals surface area contributed by atoms with E-state index in [1.807, 2.05) is 6.92 Å². The van der Waals surface area contributed by atoms with Crippen LogP contribution in [0.1, 0.15) is 13.8 Å². The van der Waals surface area contributed by atoms with Crippen LogP contribution in [0.3, 0.4) is 0 Å². The Morgan fingerprint density at radius 3 is 2.88 bits per heavy atom. The maximum atomic E-state index is 11.8. The number of amides is 2. The molecule has 0 N–H and O–H groups in total. The van der Waals surface area contributed by atoms with Crippen molar-refractivity contribution in [1.82, 2.24) is 9.80 Å². The topological polar surface area (TPSA) is 49.9 Å². The first-order chi connectivity index (χ1) is 7.44. The molecule has 2 fully saturated rings. The molecule has 2 amide bonds. The van der Waals surface area contributed by atoms with Crippen molar-refractivity contribution in [3.8, 4) is 0 Å². The Kier molecular flexibility index (Phi) is 2.74. The Morgan fingerprint density at radius 1 is 1.56 bits per heavy atom. The fourth-order valence-corrected chi connectivity index (χ4v) is 2.37. The summed E-state index contributed by atoms with van der Waals surface area (Å²) in [5, 5.41) is -0.520. The summed E-state index contributed by atoms with van der Waals surface area (Å²) in [5.41, 5.74) is -0.392. The van der Waals surface area contributed by atoms with Crippen molar-refractivity contribution in [3.63, 3.8) is 0 Å². The molecule has 16 heavy (non-hydrogen) atoms. The Morgan fingerprint density at radius 2 is 2.25 bits per heavy atom. The van der Waals surface area contributed by atoms with Gasteiger partial charge in [0, 0.05) is 19.6 Å². The van der Waals surface area contributed by atoms with Gasteiger partial charge in [-0.15, -0.1) is 11.6 Å². The molecule has 0 radical (unpaired) electrons. The minimum Gasteiger partial charge on any atom is -0.447 e. The molecule has 0 spiro atoms. The van der Waals surface area contributed by atoms with E-state index < -0.39 is 10.9 Å². The average Bonchev–Trinajstić information content (AvgIpc) is 2.53. The van der Waals surface area contributed by atoms with Gasteiger partial charge in [-0.1, -0.05) is 0 Å². The monoisotopic (exact) mass is 246 g/mol. The molecule has 5 nitrogen and oxygen atoms in total. The third kappa shape index (κ3) is 1.73. The summed E-state index contributed by atoms with van der Waals surface area (Å²) in [4.78, 5) is 26.6. The second kappa shape index (κ2) is 3.80. The molecule has 90 valence electrons. The van der Waals surface area contributed by atoms with Crippen LogP contribution in [0.15, 0.2) is 0 Å². The van der Waals surface area contributed by atoms with E-state index in [0.717, 1.165) is 0 Å². The molecule has 0 aromatic heterocycles. The zero-order valence-corrected chi connectivity index (χ0v) is 10.2. The highest BCUT2D eigenvalue weighted by molar-refractivity contribution is 6.30. The molecular formula is C10H15ClN2O3. The number of hydrogen-bond acceptors (Lipinski definition) is 3. The lowest BCUT2D eigenvalue weighted by Gasteiger charge is -2.42.